The van der Waals surface area contributed by atoms with Gasteiger partial charge in [-0.3, -0.25) is 4.68 Å². The zero-order valence-electron chi connectivity index (χ0n) is 14.4. The normalized spacial score (nSPS) is 12.2. The zero-order chi connectivity index (χ0) is 17.1. The number of hydrogen-bond acceptors (Lipinski definition) is 5. The molecular formula is C18H22N4O2. The summed E-state index contributed by atoms with van der Waals surface area (Å²) in [6, 6.07) is 8.24. The Labute approximate surface area is 141 Å². The number of methoxy groups -OCH3 is 2. The maximum absolute atomic E-state index is 5.37. The number of nitrogens with zero attached hydrogens (tertiary/aromatic N) is 3. The van der Waals surface area contributed by atoms with E-state index in [0.717, 1.165) is 34.6 Å². The first-order chi connectivity index (χ1) is 11.6. The van der Waals surface area contributed by atoms with Crippen LogP contribution < -0.4 is 14.8 Å². The molecule has 3 aromatic rings. The van der Waals surface area contributed by atoms with Gasteiger partial charge in [0, 0.05) is 25.0 Å². The lowest BCUT2D eigenvalue weighted by molar-refractivity contribution is 0.354. The van der Waals surface area contributed by atoms with E-state index in [1.807, 2.05) is 31.4 Å². The van der Waals surface area contributed by atoms with E-state index in [9.17, 15) is 0 Å². The summed E-state index contributed by atoms with van der Waals surface area (Å²) in [4.78, 5) is 4.36. The molecule has 1 aromatic carbocycles. The number of pyridine rings is 1. The molecule has 0 aliphatic carbocycles. The molecule has 0 bridgehead atoms. The molecule has 6 nitrogen and oxygen atoms in total. The third-order valence-corrected chi connectivity index (χ3v) is 4.03. The molecule has 3 rings (SSSR count). The Balaban J connectivity index is 1.76. The number of anilines is 1. The average Bonchev–Trinajstić information content (AvgIpc) is 2.97. The van der Waals surface area contributed by atoms with Crippen molar-refractivity contribution in [3.63, 3.8) is 0 Å². The highest BCUT2D eigenvalue weighted by molar-refractivity contribution is 5.88. The van der Waals surface area contributed by atoms with Crippen molar-refractivity contribution >= 4 is 16.7 Å². The SMILES string of the molecule is COc1ccc(CC(C)Nc2ccnc3c2cnn3C)cc1OC. The number of aromatic nitrogens is 3. The van der Waals surface area contributed by atoms with Crippen LogP contribution in [0.15, 0.2) is 36.7 Å². The van der Waals surface area contributed by atoms with E-state index < -0.39 is 0 Å². The topological polar surface area (TPSA) is 61.2 Å². The molecule has 126 valence electrons. The maximum atomic E-state index is 5.37. The van der Waals surface area contributed by atoms with Gasteiger partial charge >= 0.3 is 0 Å². The third kappa shape index (κ3) is 3.13. The predicted octanol–water partition coefficient (Wildman–Crippen LogP) is 3.03. The van der Waals surface area contributed by atoms with Gasteiger partial charge in [-0.1, -0.05) is 6.07 Å². The third-order valence-electron chi connectivity index (χ3n) is 4.03. The Morgan fingerprint density at radius 2 is 1.96 bits per heavy atom. The molecule has 6 heteroatoms. The highest BCUT2D eigenvalue weighted by Crippen LogP contribution is 2.28. The average molecular weight is 326 g/mol. The van der Waals surface area contributed by atoms with Gasteiger partial charge in [-0.05, 0) is 37.1 Å². The van der Waals surface area contributed by atoms with E-state index in [1.165, 1.54) is 5.56 Å². The molecule has 0 saturated carbocycles. The van der Waals surface area contributed by atoms with E-state index in [2.05, 4.69) is 28.4 Å². The number of benzene rings is 1. The lowest BCUT2D eigenvalue weighted by Crippen LogP contribution is -2.18. The first kappa shape index (κ1) is 16.1. The molecule has 2 heterocycles. The van der Waals surface area contributed by atoms with Gasteiger partial charge in [0.2, 0.25) is 0 Å². The summed E-state index contributed by atoms with van der Waals surface area (Å²) in [5.41, 5.74) is 3.10. The molecule has 0 saturated heterocycles. The van der Waals surface area contributed by atoms with Crippen LogP contribution >= 0.6 is 0 Å². The number of rotatable bonds is 6. The lowest BCUT2D eigenvalue weighted by Gasteiger charge is -2.17. The molecule has 0 spiro atoms. The van der Waals surface area contributed by atoms with Gasteiger partial charge < -0.3 is 14.8 Å². The Kier molecular flexibility index (Phi) is 4.55. The first-order valence-corrected chi connectivity index (χ1v) is 7.86. The molecule has 1 unspecified atom stereocenters. The Morgan fingerprint density at radius 1 is 1.17 bits per heavy atom. The Morgan fingerprint density at radius 3 is 2.71 bits per heavy atom. The highest BCUT2D eigenvalue weighted by Gasteiger charge is 2.11. The molecule has 1 N–H and O–H groups in total. The summed E-state index contributed by atoms with van der Waals surface area (Å²) in [6.45, 7) is 2.15. The van der Waals surface area contributed by atoms with E-state index in [-0.39, 0.29) is 6.04 Å². The van der Waals surface area contributed by atoms with Crippen LogP contribution in [0.25, 0.3) is 11.0 Å². The number of ether oxygens (including phenoxy) is 2. The quantitative estimate of drug-likeness (QED) is 0.754. The second-order valence-electron chi connectivity index (χ2n) is 5.80. The van der Waals surface area contributed by atoms with Crippen molar-refractivity contribution in [1.29, 1.82) is 0 Å². The van der Waals surface area contributed by atoms with Crippen LogP contribution in [0.4, 0.5) is 5.69 Å². The van der Waals surface area contributed by atoms with Crippen LogP contribution in [0.1, 0.15) is 12.5 Å². The van der Waals surface area contributed by atoms with E-state index in [1.54, 1.807) is 25.1 Å². The minimum atomic E-state index is 0.244. The largest absolute Gasteiger partial charge is 0.493 e. The predicted molar refractivity (Wildman–Crippen MR) is 94.8 cm³/mol. The summed E-state index contributed by atoms with van der Waals surface area (Å²) in [6.07, 6.45) is 4.51. The molecule has 0 amide bonds. The molecule has 0 aliphatic heterocycles. The number of nitrogens with one attached hydrogen (secondary N) is 1. The van der Waals surface area contributed by atoms with Crippen LogP contribution in [0, 0.1) is 0 Å². The first-order valence-electron chi connectivity index (χ1n) is 7.86. The minimum absolute atomic E-state index is 0.244. The van der Waals surface area contributed by atoms with Crippen molar-refractivity contribution in [2.24, 2.45) is 7.05 Å². The Bertz CT molecular complexity index is 844. The zero-order valence-corrected chi connectivity index (χ0v) is 14.4. The maximum Gasteiger partial charge on any atom is 0.160 e. The highest BCUT2D eigenvalue weighted by atomic mass is 16.5. The molecular weight excluding hydrogens is 304 g/mol. The van der Waals surface area contributed by atoms with Gasteiger partial charge in [0.05, 0.1) is 25.8 Å². The monoisotopic (exact) mass is 326 g/mol. The van der Waals surface area contributed by atoms with Gasteiger partial charge in [0.15, 0.2) is 17.1 Å². The van der Waals surface area contributed by atoms with Gasteiger partial charge in [-0.25, -0.2) is 4.98 Å². The van der Waals surface area contributed by atoms with Crippen LogP contribution in [-0.2, 0) is 13.5 Å². The summed E-state index contributed by atoms with van der Waals surface area (Å²) < 4.78 is 12.4. The lowest BCUT2D eigenvalue weighted by atomic mass is 10.1. The van der Waals surface area contributed by atoms with E-state index in [4.69, 9.17) is 9.47 Å². The van der Waals surface area contributed by atoms with Crippen molar-refractivity contribution in [2.75, 3.05) is 19.5 Å². The smallest absolute Gasteiger partial charge is 0.160 e. The van der Waals surface area contributed by atoms with Gasteiger partial charge in [-0.2, -0.15) is 5.10 Å². The second-order valence-corrected chi connectivity index (χ2v) is 5.80. The van der Waals surface area contributed by atoms with Crippen molar-refractivity contribution in [1.82, 2.24) is 14.8 Å². The van der Waals surface area contributed by atoms with Crippen LogP contribution in [0.2, 0.25) is 0 Å². The number of hydrogen-bond donors (Lipinski definition) is 1. The van der Waals surface area contributed by atoms with Crippen molar-refractivity contribution in [3.8, 4) is 11.5 Å². The summed E-state index contributed by atoms with van der Waals surface area (Å²) in [5.74, 6) is 1.49. The molecule has 0 fully saturated rings. The molecule has 2 aromatic heterocycles. The van der Waals surface area contributed by atoms with Crippen molar-refractivity contribution in [3.05, 3.63) is 42.2 Å². The van der Waals surface area contributed by atoms with Crippen LogP contribution in [-0.4, -0.2) is 35.0 Å². The van der Waals surface area contributed by atoms with E-state index in [0.29, 0.717) is 0 Å². The fourth-order valence-electron chi connectivity index (χ4n) is 2.85. The van der Waals surface area contributed by atoms with Crippen molar-refractivity contribution in [2.45, 2.75) is 19.4 Å². The minimum Gasteiger partial charge on any atom is -0.493 e. The van der Waals surface area contributed by atoms with Crippen LogP contribution in [0.5, 0.6) is 11.5 Å². The summed E-state index contributed by atoms with van der Waals surface area (Å²) in [5, 5.41) is 8.85. The van der Waals surface area contributed by atoms with Crippen molar-refractivity contribution < 1.29 is 9.47 Å². The second kappa shape index (κ2) is 6.78. The molecule has 0 aliphatic rings. The number of fused-ring (bicyclic) bond motifs is 1. The molecule has 1 atom stereocenters. The number of aryl methyl sites for hydroxylation is 1. The van der Waals surface area contributed by atoms with Crippen LogP contribution in [0.3, 0.4) is 0 Å². The summed E-state index contributed by atoms with van der Waals surface area (Å²) >= 11 is 0. The van der Waals surface area contributed by atoms with Gasteiger partial charge in [0.1, 0.15) is 0 Å². The molecule has 24 heavy (non-hydrogen) atoms. The standard InChI is InChI=1S/C18H22N4O2/c1-12(9-13-5-6-16(23-3)17(10-13)24-4)21-15-7-8-19-18-14(15)11-20-22(18)2/h5-8,10-12H,9H2,1-4H3,(H,19,21). The molecule has 0 radical (unpaired) electrons. The fraction of sp³-hybridized carbons (Fsp3) is 0.333. The summed E-state index contributed by atoms with van der Waals surface area (Å²) in [7, 11) is 5.19. The Hall–Kier alpha value is -2.76. The van der Waals surface area contributed by atoms with Gasteiger partial charge in [-0.15, -0.1) is 0 Å². The fourth-order valence-corrected chi connectivity index (χ4v) is 2.85. The van der Waals surface area contributed by atoms with E-state index >= 15 is 0 Å². The van der Waals surface area contributed by atoms with Gasteiger partial charge in [0.25, 0.3) is 0 Å².